The van der Waals surface area contributed by atoms with Crippen LogP contribution in [0.25, 0.3) is 33.5 Å². The molecule has 0 aliphatic rings. The number of nitrogens with one attached hydrogen (secondary N) is 2. The van der Waals surface area contributed by atoms with Gasteiger partial charge in [-0.25, -0.2) is 9.37 Å². The van der Waals surface area contributed by atoms with Crippen LogP contribution in [-0.2, 0) is 0 Å². The molecule has 2 N–H and O–H groups in total. The van der Waals surface area contributed by atoms with Crippen LogP contribution in [0.4, 0.5) is 4.39 Å². The molecule has 4 rings (SSSR count). The highest BCUT2D eigenvalue weighted by atomic mass is 19.1. The minimum atomic E-state index is -0.257. The van der Waals surface area contributed by atoms with E-state index >= 15 is 0 Å². The fraction of sp³-hybridized carbons (Fsp3) is 0.174. The van der Waals surface area contributed by atoms with Gasteiger partial charge in [0.15, 0.2) is 5.65 Å². The van der Waals surface area contributed by atoms with Crippen LogP contribution in [0.3, 0.4) is 0 Å². The maximum absolute atomic E-state index is 14.0. The van der Waals surface area contributed by atoms with Gasteiger partial charge in [0.25, 0.3) is 5.91 Å². The molecule has 0 atom stereocenters. The topological polar surface area (TPSA) is 70.7 Å². The van der Waals surface area contributed by atoms with E-state index in [-0.39, 0.29) is 11.7 Å². The number of aryl methyl sites for hydroxylation is 2. The summed E-state index contributed by atoms with van der Waals surface area (Å²) in [7, 11) is 0. The van der Waals surface area contributed by atoms with Crippen molar-refractivity contribution in [2.75, 3.05) is 6.54 Å². The Morgan fingerprint density at radius 2 is 1.86 bits per heavy atom. The Morgan fingerprint density at radius 1 is 1.07 bits per heavy atom. The van der Waals surface area contributed by atoms with Crippen LogP contribution in [0.1, 0.15) is 28.4 Å². The number of benzene rings is 2. The van der Waals surface area contributed by atoms with Crippen LogP contribution in [0.2, 0.25) is 0 Å². The molecule has 0 aliphatic heterocycles. The Balaban J connectivity index is 1.77. The zero-order chi connectivity index (χ0) is 20.5. The van der Waals surface area contributed by atoms with Gasteiger partial charge in [-0.2, -0.15) is 5.10 Å². The average molecular weight is 388 g/mol. The molecule has 0 saturated heterocycles. The Morgan fingerprint density at radius 3 is 2.62 bits per heavy atom. The summed E-state index contributed by atoms with van der Waals surface area (Å²) in [6, 6.07) is 14.5. The van der Waals surface area contributed by atoms with Gasteiger partial charge in [-0.05, 0) is 62.2 Å². The fourth-order valence-electron chi connectivity index (χ4n) is 3.32. The number of amides is 1. The Hall–Kier alpha value is -3.54. The monoisotopic (exact) mass is 388 g/mol. The van der Waals surface area contributed by atoms with E-state index in [0.717, 1.165) is 33.5 Å². The molecule has 0 aliphatic carbocycles. The molecule has 146 valence electrons. The van der Waals surface area contributed by atoms with Crippen LogP contribution in [0.15, 0.2) is 48.5 Å². The minimum Gasteiger partial charge on any atom is -0.352 e. The van der Waals surface area contributed by atoms with Gasteiger partial charge in [0.1, 0.15) is 5.82 Å². The van der Waals surface area contributed by atoms with Crippen LogP contribution in [0, 0.1) is 19.7 Å². The number of pyridine rings is 1. The number of fused-ring (bicyclic) bond motifs is 1. The number of nitrogens with zero attached hydrogens (tertiary/aromatic N) is 2. The molecule has 2 aromatic carbocycles. The number of aromatic amines is 1. The lowest BCUT2D eigenvalue weighted by Gasteiger charge is -2.09. The first-order valence-electron chi connectivity index (χ1n) is 9.48. The molecule has 5 nitrogen and oxygen atoms in total. The number of rotatable bonds is 4. The van der Waals surface area contributed by atoms with Gasteiger partial charge in [-0.1, -0.05) is 18.2 Å². The van der Waals surface area contributed by atoms with Crippen molar-refractivity contribution < 1.29 is 9.18 Å². The zero-order valence-corrected chi connectivity index (χ0v) is 16.5. The van der Waals surface area contributed by atoms with Gasteiger partial charge in [0.05, 0.1) is 11.4 Å². The summed E-state index contributed by atoms with van der Waals surface area (Å²) in [6.45, 7) is 6.17. The quantitative estimate of drug-likeness (QED) is 0.528. The van der Waals surface area contributed by atoms with Crippen LogP contribution < -0.4 is 5.32 Å². The first kappa shape index (κ1) is 18.8. The standard InChI is InChI=1S/C23H21FN4O/c1-4-25-23(29)16-8-5-13(2)18(11-16)20-10-9-17-21(27-28-22(17)26-20)15-7-6-14(3)19(24)12-15/h5-12H,4H2,1-3H3,(H,25,29)(H,26,27,28). The highest BCUT2D eigenvalue weighted by Crippen LogP contribution is 2.30. The fourth-order valence-corrected chi connectivity index (χ4v) is 3.32. The molecule has 0 unspecified atom stereocenters. The third-order valence-electron chi connectivity index (χ3n) is 4.99. The highest BCUT2D eigenvalue weighted by molar-refractivity contribution is 5.96. The van der Waals surface area contributed by atoms with E-state index in [1.165, 1.54) is 6.07 Å². The number of aromatic nitrogens is 3. The third kappa shape index (κ3) is 3.49. The molecular formula is C23H21FN4O. The van der Waals surface area contributed by atoms with Gasteiger partial charge >= 0.3 is 0 Å². The summed E-state index contributed by atoms with van der Waals surface area (Å²) in [4.78, 5) is 16.9. The lowest BCUT2D eigenvalue weighted by Crippen LogP contribution is -2.22. The number of carbonyl (C=O) groups is 1. The first-order valence-corrected chi connectivity index (χ1v) is 9.48. The van der Waals surface area contributed by atoms with Gasteiger partial charge in [-0.3, -0.25) is 9.89 Å². The predicted octanol–water partition coefficient (Wildman–Crippen LogP) is 4.80. The molecular weight excluding hydrogens is 367 g/mol. The summed E-state index contributed by atoms with van der Waals surface area (Å²) < 4.78 is 14.0. The summed E-state index contributed by atoms with van der Waals surface area (Å²) in [5.74, 6) is -0.370. The second-order valence-electron chi connectivity index (χ2n) is 7.02. The van der Waals surface area contributed by atoms with Crippen LogP contribution in [0.5, 0.6) is 0 Å². The van der Waals surface area contributed by atoms with Crippen molar-refractivity contribution in [3.63, 3.8) is 0 Å². The van der Waals surface area contributed by atoms with Gasteiger partial charge in [0, 0.05) is 28.6 Å². The van der Waals surface area contributed by atoms with Crippen molar-refractivity contribution in [3.05, 3.63) is 71.0 Å². The van der Waals surface area contributed by atoms with E-state index < -0.39 is 0 Å². The van der Waals surface area contributed by atoms with E-state index in [4.69, 9.17) is 0 Å². The van der Waals surface area contributed by atoms with E-state index in [1.807, 2.05) is 44.2 Å². The predicted molar refractivity (Wildman–Crippen MR) is 112 cm³/mol. The van der Waals surface area contributed by atoms with E-state index in [0.29, 0.717) is 23.3 Å². The molecule has 0 spiro atoms. The maximum Gasteiger partial charge on any atom is 0.251 e. The summed E-state index contributed by atoms with van der Waals surface area (Å²) in [5.41, 5.74) is 5.80. The largest absolute Gasteiger partial charge is 0.352 e. The molecule has 0 fully saturated rings. The molecule has 2 aromatic heterocycles. The molecule has 4 aromatic rings. The number of halogens is 1. The zero-order valence-electron chi connectivity index (χ0n) is 16.5. The smallest absolute Gasteiger partial charge is 0.251 e. The normalized spacial score (nSPS) is 11.0. The molecule has 2 heterocycles. The van der Waals surface area contributed by atoms with Gasteiger partial charge in [0.2, 0.25) is 0 Å². The number of hydrogen-bond donors (Lipinski definition) is 2. The number of H-pyrrole nitrogens is 1. The number of carbonyl (C=O) groups excluding carboxylic acids is 1. The summed E-state index contributed by atoms with van der Waals surface area (Å²) >= 11 is 0. The van der Waals surface area contributed by atoms with Crippen molar-refractivity contribution in [3.8, 4) is 22.5 Å². The van der Waals surface area contributed by atoms with Crippen LogP contribution >= 0.6 is 0 Å². The van der Waals surface area contributed by atoms with E-state index in [1.54, 1.807) is 19.1 Å². The van der Waals surface area contributed by atoms with Crippen molar-refractivity contribution in [1.29, 1.82) is 0 Å². The molecule has 6 heteroatoms. The SMILES string of the molecule is CCNC(=O)c1ccc(C)c(-c2ccc3c(-c4ccc(C)c(F)c4)[nH]nc3n2)c1. The average Bonchev–Trinajstić information content (AvgIpc) is 3.14. The van der Waals surface area contributed by atoms with Crippen molar-refractivity contribution in [2.24, 2.45) is 0 Å². The first-order chi connectivity index (χ1) is 14.0. The summed E-state index contributed by atoms with van der Waals surface area (Å²) in [6.07, 6.45) is 0. The Labute approximate surface area is 168 Å². The lowest BCUT2D eigenvalue weighted by atomic mass is 10.0. The minimum absolute atomic E-state index is 0.113. The molecule has 29 heavy (non-hydrogen) atoms. The molecule has 0 radical (unpaired) electrons. The Kier molecular flexibility index (Phi) is 4.84. The van der Waals surface area contributed by atoms with Crippen LogP contribution in [-0.4, -0.2) is 27.6 Å². The van der Waals surface area contributed by atoms with Crippen molar-refractivity contribution in [1.82, 2.24) is 20.5 Å². The highest BCUT2D eigenvalue weighted by Gasteiger charge is 2.14. The van der Waals surface area contributed by atoms with Gasteiger partial charge < -0.3 is 5.32 Å². The second-order valence-corrected chi connectivity index (χ2v) is 7.02. The van der Waals surface area contributed by atoms with Gasteiger partial charge in [-0.15, -0.1) is 0 Å². The van der Waals surface area contributed by atoms with E-state index in [9.17, 15) is 9.18 Å². The summed E-state index contributed by atoms with van der Waals surface area (Å²) in [5, 5.41) is 10.9. The molecule has 1 amide bonds. The molecule has 0 saturated carbocycles. The maximum atomic E-state index is 14.0. The third-order valence-corrected chi connectivity index (χ3v) is 4.99. The Bertz CT molecular complexity index is 1230. The second kappa shape index (κ2) is 7.47. The van der Waals surface area contributed by atoms with Crippen molar-refractivity contribution in [2.45, 2.75) is 20.8 Å². The van der Waals surface area contributed by atoms with Crippen molar-refractivity contribution >= 4 is 16.9 Å². The van der Waals surface area contributed by atoms with E-state index in [2.05, 4.69) is 20.5 Å². The lowest BCUT2D eigenvalue weighted by molar-refractivity contribution is 0.0956. The number of hydrogen-bond acceptors (Lipinski definition) is 3. The molecule has 0 bridgehead atoms.